The van der Waals surface area contributed by atoms with Crippen LogP contribution >= 0.6 is 0 Å². The van der Waals surface area contributed by atoms with Gasteiger partial charge in [0, 0.05) is 18.7 Å². The Hall–Kier alpha value is -2.81. The Kier molecular flexibility index (Phi) is 5.94. The van der Waals surface area contributed by atoms with Crippen LogP contribution in [-0.2, 0) is 10.2 Å². The third-order valence-corrected chi connectivity index (χ3v) is 6.93. The van der Waals surface area contributed by atoms with Gasteiger partial charge in [-0.05, 0) is 42.5 Å². The van der Waals surface area contributed by atoms with E-state index in [1.807, 2.05) is 20.8 Å². The first-order valence-corrected chi connectivity index (χ1v) is 11.1. The summed E-state index contributed by atoms with van der Waals surface area (Å²) in [5, 5.41) is 11.6. The van der Waals surface area contributed by atoms with Crippen molar-refractivity contribution in [1.82, 2.24) is 5.32 Å². The molecule has 0 aromatic heterocycles. The minimum absolute atomic E-state index is 0.107. The number of fused-ring (bicyclic) bond motifs is 1. The molecule has 0 saturated heterocycles. The summed E-state index contributed by atoms with van der Waals surface area (Å²) < 4.78 is 43.0. The summed E-state index contributed by atoms with van der Waals surface area (Å²) in [4.78, 5) is 11.1. The molecular weight excluding hydrogens is 409 g/mol. The predicted octanol–water partition coefficient (Wildman–Crippen LogP) is 4.49. The van der Waals surface area contributed by atoms with Crippen molar-refractivity contribution in [3.8, 4) is 0 Å². The molecule has 0 saturated carbocycles. The molecule has 1 amide bonds. The van der Waals surface area contributed by atoms with Crippen LogP contribution < -0.4 is 13.9 Å². The van der Waals surface area contributed by atoms with E-state index in [0.717, 1.165) is 0 Å². The molecule has 162 valence electrons. The Bertz CT molecular complexity index is 1020. The van der Waals surface area contributed by atoms with Crippen molar-refractivity contribution < 1.29 is 22.7 Å². The lowest BCUT2D eigenvalue weighted by atomic mass is 9.84. The van der Waals surface area contributed by atoms with Gasteiger partial charge in [-0.15, -0.1) is 0 Å². The number of hydrogen-bond acceptors (Lipinski definition) is 3. The van der Waals surface area contributed by atoms with E-state index in [0.29, 0.717) is 24.2 Å². The van der Waals surface area contributed by atoms with Crippen LogP contribution in [0.4, 0.5) is 26.2 Å². The molecule has 1 aliphatic rings. The van der Waals surface area contributed by atoms with Gasteiger partial charge >= 0.3 is 16.3 Å². The van der Waals surface area contributed by atoms with Crippen LogP contribution in [0.2, 0.25) is 0 Å². The molecule has 9 heteroatoms. The number of carboxylic acid groups (broad SMARTS) is 1. The number of benzene rings is 2. The monoisotopic (exact) mass is 435 g/mol. The van der Waals surface area contributed by atoms with Gasteiger partial charge in [0.2, 0.25) is 0 Å². The fourth-order valence-corrected chi connectivity index (χ4v) is 5.34. The lowest BCUT2D eigenvalue weighted by molar-refractivity contribution is 0.171. The van der Waals surface area contributed by atoms with Gasteiger partial charge in [0.25, 0.3) is 0 Å². The topological polar surface area (TPSA) is 90.0 Å². The Morgan fingerprint density at radius 1 is 1.13 bits per heavy atom. The quantitative estimate of drug-likeness (QED) is 0.700. The molecule has 7 nitrogen and oxygen atoms in total. The number of rotatable bonds is 6. The van der Waals surface area contributed by atoms with E-state index in [2.05, 4.69) is 5.32 Å². The van der Waals surface area contributed by atoms with Crippen molar-refractivity contribution in [2.45, 2.75) is 39.7 Å². The van der Waals surface area contributed by atoms with Gasteiger partial charge in [-0.2, -0.15) is 8.42 Å². The third-order valence-electron chi connectivity index (χ3n) is 5.12. The molecule has 2 N–H and O–H groups in total. The van der Waals surface area contributed by atoms with Crippen molar-refractivity contribution in [1.29, 1.82) is 0 Å². The van der Waals surface area contributed by atoms with Gasteiger partial charge in [-0.3, -0.25) is 4.31 Å². The van der Waals surface area contributed by atoms with Crippen LogP contribution in [0.1, 0.15) is 33.6 Å². The first-order chi connectivity index (χ1) is 14.0. The average Bonchev–Trinajstić information content (AvgIpc) is 2.86. The van der Waals surface area contributed by atoms with Crippen LogP contribution in [0, 0.1) is 11.2 Å². The number of nitrogens with zero attached hydrogens (tertiary/aromatic N) is 2. The molecule has 2 aromatic rings. The maximum atomic E-state index is 14.0. The van der Waals surface area contributed by atoms with Gasteiger partial charge in [-0.1, -0.05) is 39.0 Å². The normalized spacial score (nSPS) is 16.3. The molecule has 0 radical (unpaired) electrons. The van der Waals surface area contributed by atoms with Crippen molar-refractivity contribution in [3.05, 3.63) is 54.3 Å². The summed E-state index contributed by atoms with van der Waals surface area (Å²) in [7, 11) is -3.95. The minimum Gasteiger partial charge on any atom is -0.465 e. The van der Waals surface area contributed by atoms with E-state index in [4.69, 9.17) is 5.11 Å². The van der Waals surface area contributed by atoms with E-state index in [1.165, 1.54) is 26.8 Å². The maximum Gasteiger partial charge on any atom is 0.404 e. The number of carbonyl (C=O) groups is 1. The maximum absolute atomic E-state index is 14.0. The minimum atomic E-state index is -3.95. The SMILES string of the molecule is CC(C)(C)C(CCCN1c2cc(F)ccc2N(c2ccccc2)S1(=O)=O)NC(=O)O. The van der Waals surface area contributed by atoms with E-state index in [-0.39, 0.29) is 23.7 Å². The Morgan fingerprint density at radius 3 is 2.40 bits per heavy atom. The second-order valence-electron chi connectivity index (χ2n) is 8.32. The van der Waals surface area contributed by atoms with Crippen molar-refractivity contribution in [3.63, 3.8) is 0 Å². The van der Waals surface area contributed by atoms with Crippen molar-refractivity contribution in [2.75, 3.05) is 15.2 Å². The zero-order valence-corrected chi connectivity index (χ0v) is 18.0. The molecule has 1 unspecified atom stereocenters. The molecular formula is C21H26FN3O4S. The Labute approximate surface area is 176 Å². The highest BCUT2D eigenvalue weighted by Gasteiger charge is 2.41. The lowest BCUT2D eigenvalue weighted by Gasteiger charge is -2.31. The van der Waals surface area contributed by atoms with Gasteiger partial charge in [0.15, 0.2) is 0 Å². The van der Waals surface area contributed by atoms with Crippen LogP contribution in [-0.4, -0.2) is 32.2 Å². The largest absolute Gasteiger partial charge is 0.465 e. The second kappa shape index (κ2) is 8.14. The summed E-state index contributed by atoms with van der Waals surface area (Å²) in [5.41, 5.74) is 0.798. The van der Waals surface area contributed by atoms with E-state index >= 15 is 0 Å². The molecule has 1 heterocycles. The standard InChI is InChI=1S/C21H26FN3O4S/c1-21(2,3)19(23-20(26)27)10-7-13-24-18-14-15(22)11-12-17(18)25(30(24,28)29)16-8-5-4-6-9-16/h4-6,8-9,11-12,14,19,23H,7,10,13H2,1-3H3,(H,26,27). The molecule has 0 fully saturated rings. The highest BCUT2D eigenvalue weighted by atomic mass is 32.2. The molecule has 2 aromatic carbocycles. The van der Waals surface area contributed by atoms with E-state index in [1.54, 1.807) is 30.3 Å². The van der Waals surface area contributed by atoms with E-state index < -0.39 is 22.1 Å². The zero-order valence-electron chi connectivity index (χ0n) is 17.2. The van der Waals surface area contributed by atoms with Crippen LogP contribution in [0.15, 0.2) is 48.5 Å². The predicted molar refractivity (Wildman–Crippen MR) is 115 cm³/mol. The molecule has 0 spiro atoms. The molecule has 1 aliphatic heterocycles. The second-order valence-corrected chi connectivity index (χ2v) is 10.0. The number of halogens is 1. The number of para-hydroxylation sites is 1. The summed E-state index contributed by atoms with van der Waals surface area (Å²) in [5.74, 6) is -0.524. The van der Waals surface area contributed by atoms with Gasteiger partial charge in [-0.25, -0.2) is 13.5 Å². The molecule has 30 heavy (non-hydrogen) atoms. The average molecular weight is 436 g/mol. The van der Waals surface area contributed by atoms with Gasteiger partial charge < -0.3 is 10.4 Å². The Morgan fingerprint density at radius 2 is 1.80 bits per heavy atom. The summed E-state index contributed by atoms with van der Waals surface area (Å²) in [6.07, 6.45) is -0.274. The Balaban J connectivity index is 1.88. The molecule has 3 rings (SSSR count). The van der Waals surface area contributed by atoms with Crippen LogP contribution in [0.5, 0.6) is 0 Å². The van der Waals surface area contributed by atoms with Gasteiger partial charge in [0.1, 0.15) is 5.82 Å². The fraction of sp³-hybridized carbons (Fsp3) is 0.381. The van der Waals surface area contributed by atoms with Gasteiger partial charge in [0.05, 0.1) is 17.1 Å². The van der Waals surface area contributed by atoms with Crippen molar-refractivity contribution in [2.24, 2.45) is 5.41 Å². The highest BCUT2D eigenvalue weighted by molar-refractivity contribution is 7.95. The van der Waals surface area contributed by atoms with Crippen molar-refractivity contribution >= 4 is 33.4 Å². The zero-order chi connectivity index (χ0) is 22.1. The van der Waals surface area contributed by atoms with E-state index in [9.17, 15) is 17.6 Å². The first kappa shape index (κ1) is 21.9. The van der Waals surface area contributed by atoms with Crippen LogP contribution in [0.3, 0.4) is 0 Å². The molecule has 0 bridgehead atoms. The summed E-state index contributed by atoms with van der Waals surface area (Å²) in [6.45, 7) is 5.86. The number of amides is 1. The number of hydrogen-bond donors (Lipinski definition) is 2. The summed E-state index contributed by atoms with van der Waals surface area (Å²) in [6, 6.07) is 12.2. The third kappa shape index (κ3) is 4.35. The smallest absolute Gasteiger partial charge is 0.404 e. The lowest BCUT2D eigenvalue weighted by Crippen LogP contribution is -2.44. The number of anilines is 3. The number of nitrogens with one attached hydrogen (secondary N) is 1. The fourth-order valence-electron chi connectivity index (χ4n) is 3.60. The van der Waals surface area contributed by atoms with Crippen LogP contribution in [0.25, 0.3) is 0 Å². The molecule has 0 aliphatic carbocycles. The first-order valence-electron chi connectivity index (χ1n) is 9.69. The summed E-state index contributed by atoms with van der Waals surface area (Å²) >= 11 is 0. The highest BCUT2D eigenvalue weighted by Crippen LogP contribution is 2.45. The molecule has 1 atom stereocenters.